The molecular weight excluding hydrogens is 633 g/mol. The summed E-state index contributed by atoms with van der Waals surface area (Å²) in [5.41, 5.74) is 4.55. The first-order valence-electron chi connectivity index (χ1n) is 16.9. The zero-order valence-electron chi connectivity index (χ0n) is 29.6. The Labute approximate surface area is 293 Å². The summed E-state index contributed by atoms with van der Waals surface area (Å²) in [6, 6.07) is 5.52. The van der Waals surface area contributed by atoms with E-state index < -0.39 is 11.3 Å². The number of fused-ring (bicyclic) bond motifs is 2. The molecule has 14 heteroatoms. The number of ether oxygens (including phenoxy) is 2. The monoisotopic (exact) mass is 676 g/mol. The molecule has 5 heterocycles. The van der Waals surface area contributed by atoms with Gasteiger partial charge in [-0.25, -0.2) is 4.98 Å². The number of aryl methyl sites for hydroxylation is 2. The predicted molar refractivity (Wildman–Crippen MR) is 195 cm³/mol. The molecule has 0 atom stereocenters. The van der Waals surface area contributed by atoms with Gasteiger partial charge in [-0.15, -0.1) is 12.3 Å². The second kappa shape index (κ2) is 13.6. The minimum absolute atomic E-state index is 0.318. The van der Waals surface area contributed by atoms with E-state index >= 15 is 0 Å². The van der Waals surface area contributed by atoms with Crippen molar-refractivity contribution < 1.29 is 19.1 Å². The molecule has 259 valence electrons. The first kappa shape index (κ1) is 34.7. The van der Waals surface area contributed by atoms with Gasteiger partial charge in [-0.2, -0.15) is 10.2 Å². The topological polar surface area (TPSA) is 131 Å². The van der Waals surface area contributed by atoms with E-state index in [0.29, 0.717) is 92.2 Å². The number of nitrogens with one attached hydrogen (secondary N) is 1. The quantitative estimate of drug-likeness (QED) is 0.168. The maximum atomic E-state index is 14.0. The van der Waals surface area contributed by atoms with Gasteiger partial charge in [0.1, 0.15) is 5.60 Å². The van der Waals surface area contributed by atoms with E-state index in [9.17, 15) is 9.59 Å². The molecule has 13 nitrogen and oxygen atoms in total. The number of nitrogens with zero attached hydrogens (tertiary/aromatic N) is 8. The average molecular weight is 677 g/mol. The molecule has 50 heavy (non-hydrogen) atoms. The van der Waals surface area contributed by atoms with Gasteiger partial charge in [0.25, 0.3) is 0 Å². The molecule has 2 amide bonds. The van der Waals surface area contributed by atoms with Crippen LogP contribution in [-0.2, 0) is 11.3 Å². The maximum absolute atomic E-state index is 14.0. The van der Waals surface area contributed by atoms with Crippen molar-refractivity contribution >= 4 is 52.9 Å². The van der Waals surface area contributed by atoms with Crippen molar-refractivity contribution in [1.29, 1.82) is 0 Å². The fourth-order valence-electron chi connectivity index (χ4n) is 6.10. The van der Waals surface area contributed by atoms with E-state index in [1.54, 1.807) is 21.7 Å². The van der Waals surface area contributed by atoms with Crippen LogP contribution in [0.1, 0.15) is 68.7 Å². The van der Waals surface area contributed by atoms with E-state index in [-0.39, 0.29) is 12.0 Å². The second-order valence-electron chi connectivity index (χ2n) is 14.0. The standard InChI is InChI=1S/C36H43BN9O4/c1-8-9-12-36(41-42-36)13-18-49-30-19-26(21-46-25(4)24(3)38-32(30)46)39-33(47)27-10-11-29(28-22-45(20-23(2)37)40-31(27)28)43-14-16-44(17-15-43)34(48)50-35(5,6)7/h1,10-11,19,21-22H,9,12-18,20H2,2-7H3,(H,39,47). The third kappa shape index (κ3) is 7.51. The number of rotatable bonds is 11. The minimum atomic E-state index is -0.560. The van der Waals surface area contributed by atoms with E-state index in [1.165, 1.54) is 0 Å². The number of piperazine rings is 1. The first-order valence-corrected chi connectivity index (χ1v) is 16.9. The molecule has 1 saturated heterocycles. The fourth-order valence-corrected chi connectivity index (χ4v) is 6.10. The van der Waals surface area contributed by atoms with Crippen LogP contribution in [0.15, 0.2) is 40.8 Å². The van der Waals surface area contributed by atoms with Crippen molar-refractivity contribution in [3.05, 3.63) is 47.5 Å². The van der Waals surface area contributed by atoms with Crippen LogP contribution < -0.4 is 15.0 Å². The number of carbonyl (C=O) groups excluding carboxylic acids is 2. The van der Waals surface area contributed by atoms with E-state index in [1.807, 2.05) is 64.4 Å². The predicted octanol–water partition coefficient (Wildman–Crippen LogP) is 5.32. The number of amides is 2. The summed E-state index contributed by atoms with van der Waals surface area (Å²) in [5, 5.41) is 17.1. The van der Waals surface area contributed by atoms with Gasteiger partial charge < -0.3 is 0 Å². The molecule has 4 aromatic rings. The zero-order chi connectivity index (χ0) is 35.8. The van der Waals surface area contributed by atoms with Crippen LogP contribution in [0.25, 0.3) is 16.6 Å². The van der Waals surface area contributed by atoms with Gasteiger partial charge in [0.15, 0.2) is 5.66 Å². The number of aromatic nitrogens is 4. The number of carbonyl (C=O) groups is 2. The Morgan fingerprint density at radius 2 is 1.84 bits per heavy atom. The van der Waals surface area contributed by atoms with Crippen LogP contribution in [0.3, 0.4) is 0 Å². The second-order valence-corrected chi connectivity index (χ2v) is 14.0. The van der Waals surface area contributed by atoms with Crippen molar-refractivity contribution in [2.45, 2.75) is 78.6 Å². The van der Waals surface area contributed by atoms with Crippen molar-refractivity contribution in [2.75, 3.05) is 43.0 Å². The number of anilines is 2. The van der Waals surface area contributed by atoms with Crippen LogP contribution in [0, 0.1) is 26.2 Å². The van der Waals surface area contributed by atoms with Crippen molar-refractivity contribution in [3.63, 3.8) is 0 Å². The van der Waals surface area contributed by atoms with E-state index in [4.69, 9.17) is 33.5 Å². The molecule has 0 spiro atoms. The zero-order valence-corrected chi connectivity index (χ0v) is 29.6. The fraction of sp³-hybridized carbons (Fsp3) is 0.472. The molecule has 0 bridgehead atoms. The Morgan fingerprint density at radius 3 is 2.50 bits per heavy atom. The number of imidazole rings is 1. The van der Waals surface area contributed by atoms with Crippen LogP contribution in [0.5, 0.6) is 5.75 Å². The summed E-state index contributed by atoms with van der Waals surface area (Å²) in [6.45, 7) is 14.3. The van der Waals surface area contributed by atoms with Gasteiger partial charge in [-0.1, -0.05) is 0 Å². The summed E-state index contributed by atoms with van der Waals surface area (Å²) in [5.74, 6) is 2.87. The van der Waals surface area contributed by atoms with Gasteiger partial charge >= 0.3 is 188 Å². The number of terminal acetylenes is 1. The summed E-state index contributed by atoms with van der Waals surface area (Å²) >= 11 is 0. The normalized spacial score (nSPS) is 15.3. The van der Waals surface area contributed by atoms with Crippen molar-refractivity contribution in [1.82, 2.24) is 24.1 Å². The average Bonchev–Trinajstić information content (AvgIpc) is 3.60. The summed E-state index contributed by atoms with van der Waals surface area (Å²) < 4.78 is 15.5. The van der Waals surface area contributed by atoms with Gasteiger partial charge in [0.2, 0.25) is 0 Å². The Balaban J connectivity index is 1.25. The molecule has 1 N–H and O–H groups in total. The molecule has 6 rings (SSSR count). The van der Waals surface area contributed by atoms with E-state index in [0.717, 1.165) is 22.5 Å². The van der Waals surface area contributed by atoms with Crippen molar-refractivity contribution in [2.24, 2.45) is 10.2 Å². The Bertz CT molecular complexity index is 2040. The molecule has 2 aliphatic rings. The van der Waals surface area contributed by atoms with Gasteiger partial charge in [0, 0.05) is 19.3 Å². The molecule has 0 saturated carbocycles. The van der Waals surface area contributed by atoms with Gasteiger partial charge in [-0.3, -0.25) is 0 Å². The Kier molecular flexibility index (Phi) is 9.44. The van der Waals surface area contributed by atoms with Crippen LogP contribution >= 0.6 is 0 Å². The number of hydrogen-bond donors (Lipinski definition) is 1. The van der Waals surface area contributed by atoms with E-state index in [2.05, 4.69) is 26.4 Å². The van der Waals surface area contributed by atoms with Crippen LogP contribution in [0.2, 0.25) is 0 Å². The third-order valence-electron chi connectivity index (χ3n) is 8.86. The molecule has 2 aliphatic heterocycles. The molecule has 1 fully saturated rings. The van der Waals surface area contributed by atoms with Crippen LogP contribution in [0.4, 0.5) is 16.2 Å². The number of benzene rings is 1. The Morgan fingerprint density at radius 1 is 1.10 bits per heavy atom. The van der Waals surface area contributed by atoms with Gasteiger partial charge in [-0.05, 0) is 34.6 Å². The summed E-state index contributed by atoms with van der Waals surface area (Å²) in [7, 11) is 6.05. The summed E-state index contributed by atoms with van der Waals surface area (Å²) in [4.78, 5) is 35.3. The SMILES string of the molecule is [B]=C(C)Cn1cc2c(N3CCN(C(=O)OC(C)(C)C)CC3)ccc(C(=O)Nc3cc(OCCC4(CCC#C)N=N4)c4nc(C)c(C)n4c3)c2n1. The molecule has 0 unspecified atom stereocenters. The molecule has 1 radical (unpaired) electrons. The molecule has 0 aliphatic carbocycles. The molecule has 3 aromatic heterocycles. The molecular formula is C36H43BN9O4. The number of pyridine rings is 1. The van der Waals surface area contributed by atoms with Crippen LogP contribution in [-0.4, -0.2) is 93.1 Å². The van der Waals surface area contributed by atoms with Gasteiger partial charge in [0.05, 0.1) is 12.3 Å². The first-order chi connectivity index (χ1) is 23.8. The Hall–Kier alpha value is -5.19. The van der Waals surface area contributed by atoms with Crippen molar-refractivity contribution in [3.8, 4) is 18.1 Å². The summed E-state index contributed by atoms with van der Waals surface area (Å²) in [6.07, 6.45) is 10.8. The molecule has 1 aromatic carbocycles. The number of hydrogen-bond acceptors (Lipinski definition) is 9. The third-order valence-corrected chi connectivity index (χ3v) is 8.86.